The van der Waals surface area contributed by atoms with Crippen molar-refractivity contribution in [2.24, 2.45) is 5.41 Å². The summed E-state index contributed by atoms with van der Waals surface area (Å²) in [6.07, 6.45) is 3.36. The Morgan fingerprint density at radius 2 is 1.87 bits per heavy atom. The van der Waals surface area contributed by atoms with Crippen LogP contribution in [0.25, 0.3) is 5.69 Å². The number of esters is 1. The highest BCUT2D eigenvalue weighted by Crippen LogP contribution is 2.42. The minimum absolute atomic E-state index is 0.0739. The first-order valence-electron chi connectivity index (χ1n) is 16.3. The molecule has 2 fully saturated rings. The zero-order chi connectivity index (χ0) is 33.6. The van der Waals surface area contributed by atoms with Crippen LogP contribution in [-0.4, -0.2) is 64.2 Å². The Bertz CT molecular complexity index is 1510. The first-order valence-corrected chi connectivity index (χ1v) is 16.7. The zero-order valence-corrected chi connectivity index (χ0v) is 27.6. The van der Waals surface area contributed by atoms with Crippen LogP contribution in [0.3, 0.4) is 0 Å². The van der Waals surface area contributed by atoms with Crippen molar-refractivity contribution in [2.75, 3.05) is 36.9 Å². The number of ether oxygens (including phenoxy) is 2. The van der Waals surface area contributed by atoms with Crippen molar-refractivity contribution in [3.8, 4) is 11.6 Å². The molecule has 0 unspecified atom stereocenters. The number of hydrogen-bond acceptors (Lipinski definition) is 9. The number of nitrogens with zero attached hydrogens (tertiary/aromatic N) is 5. The quantitative estimate of drug-likeness (QED) is 0.150. The van der Waals surface area contributed by atoms with Crippen molar-refractivity contribution < 1.29 is 27.4 Å². The Morgan fingerprint density at radius 1 is 1.13 bits per heavy atom. The SMILES string of the molecule is CCCCCCCCOC(=O)[C@@H]1CC2(CCN(c3cc(O[C@H](c4ccc(Cl)cc4-n4ccc(C)n4)C(F)(F)F)nc(N)n3)CC2)CN1. The van der Waals surface area contributed by atoms with Crippen LogP contribution >= 0.6 is 11.6 Å². The molecule has 4 heterocycles. The number of benzene rings is 1. The highest BCUT2D eigenvalue weighted by Gasteiger charge is 2.46. The van der Waals surface area contributed by atoms with Crippen molar-refractivity contribution in [1.29, 1.82) is 0 Å². The van der Waals surface area contributed by atoms with Crippen molar-refractivity contribution in [3.63, 3.8) is 0 Å². The number of halogens is 4. The number of anilines is 2. The standard InChI is InChI=1S/C33H43ClF3N7O3/c1-3-4-5-6-7-8-17-46-30(45)25-20-32(21-39-25)12-15-43(16-13-32)27-19-28(41-31(38)40-27)47-29(33(35,36)37)24-10-9-23(34)18-26(24)44-14-11-22(2)42-44/h9-11,14,18-19,25,29,39H,3-8,12-13,15-17,20-21H2,1-2H3,(H2,38,40,41)/t25-,29+/m0/s1. The Kier molecular flexibility index (Phi) is 11.2. The maximum absolute atomic E-state index is 14.5. The number of rotatable bonds is 13. The van der Waals surface area contributed by atoms with Crippen LogP contribution in [-0.2, 0) is 9.53 Å². The minimum Gasteiger partial charge on any atom is -0.465 e. The third-order valence-corrected chi connectivity index (χ3v) is 9.26. The van der Waals surface area contributed by atoms with Gasteiger partial charge in [0.2, 0.25) is 17.9 Å². The second-order valence-electron chi connectivity index (χ2n) is 12.6. The summed E-state index contributed by atoms with van der Waals surface area (Å²) in [5.74, 6) is -0.325. The molecule has 14 heteroatoms. The van der Waals surface area contributed by atoms with Gasteiger partial charge in [0.15, 0.2) is 0 Å². The van der Waals surface area contributed by atoms with Gasteiger partial charge >= 0.3 is 12.1 Å². The molecule has 0 aliphatic carbocycles. The molecule has 0 bridgehead atoms. The van der Waals surface area contributed by atoms with Crippen LogP contribution in [0.2, 0.25) is 5.02 Å². The highest BCUT2D eigenvalue weighted by atomic mass is 35.5. The van der Waals surface area contributed by atoms with Gasteiger partial charge in [-0.3, -0.25) is 4.79 Å². The monoisotopic (exact) mass is 677 g/mol. The van der Waals surface area contributed by atoms with Crippen LogP contribution < -0.4 is 20.7 Å². The maximum Gasteiger partial charge on any atom is 0.429 e. The molecule has 3 N–H and O–H groups in total. The topological polar surface area (TPSA) is 120 Å². The summed E-state index contributed by atoms with van der Waals surface area (Å²) in [5.41, 5.74) is 6.48. The molecule has 10 nitrogen and oxygen atoms in total. The lowest BCUT2D eigenvalue weighted by Gasteiger charge is -2.39. The molecule has 5 rings (SSSR count). The molecule has 3 aromatic rings. The zero-order valence-electron chi connectivity index (χ0n) is 26.9. The number of aromatic nitrogens is 4. The fourth-order valence-electron chi connectivity index (χ4n) is 6.40. The number of nitrogens with two attached hydrogens (primary N) is 1. The molecule has 2 aliphatic rings. The van der Waals surface area contributed by atoms with Crippen molar-refractivity contribution >= 4 is 29.3 Å². The molecule has 2 atom stereocenters. The summed E-state index contributed by atoms with van der Waals surface area (Å²) in [4.78, 5) is 23.0. The normalized spacial score (nSPS) is 18.4. The maximum atomic E-state index is 14.5. The number of aryl methyl sites for hydroxylation is 1. The Labute approximate surface area is 278 Å². The van der Waals surface area contributed by atoms with E-state index in [0.29, 0.717) is 44.2 Å². The Balaban J connectivity index is 1.22. The summed E-state index contributed by atoms with van der Waals surface area (Å²) >= 11 is 6.16. The highest BCUT2D eigenvalue weighted by molar-refractivity contribution is 6.30. The number of nitrogens with one attached hydrogen (secondary N) is 1. The number of hydrogen-bond donors (Lipinski definition) is 2. The summed E-state index contributed by atoms with van der Waals surface area (Å²) in [6, 6.07) is 6.79. The molecule has 2 saturated heterocycles. The number of piperidine rings is 1. The summed E-state index contributed by atoms with van der Waals surface area (Å²) < 4.78 is 56.1. The third kappa shape index (κ3) is 8.86. The number of unbranched alkanes of at least 4 members (excludes halogenated alkanes) is 5. The summed E-state index contributed by atoms with van der Waals surface area (Å²) in [7, 11) is 0. The van der Waals surface area contributed by atoms with E-state index in [9.17, 15) is 18.0 Å². The largest absolute Gasteiger partial charge is 0.465 e. The van der Waals surface area contributed by atoms with E-state index >= 15 is 0 Å². The Hall–Kier alpha value is -3.58. The molecule has 0 amide bonds. The fraction of sp³-hybridized carbons (Fsp3) is 0.576. The van der Waals surface area contributed by atoms with E-state index in [-0.39, 0.29) is 45.5 Å². The Morgan fingerprint density at radius 3 is 2.57 bits per heavy atom. The van der Waals surface area contributed by atoms with Crippen molar-refractivity contribution in [2.45, 2.75) is 90.0 Å². The van der Waals surface area contributed by atoms with E-state index in [2.05, 4.69) is 27.3 Å². The lowest BCUT2D eigenvalue weighted by Crippen LogP contribution is -2.41. The molecule has 0 radical (unpaired) electrons. The molecule has 1 spiro atoms. The molecule has 0 saturated carbocycles. The predicted molar refractivity (Wildman–Crippen MR) is 174 cm³/mol. The molecular weight excluding hydrogens is 635 g/mol. The van der Waals surface area contributed by atoms with Gasteiger partial charge < -0.3 is 25.4 Å². The van der Waals surface area contributed by atoms with Gasteiger partial charge in [-0.1, -0.05) is 56.7 Å². The van der Waals surface area contributed by atoms with Crippen LogP contribution in [0, 0.1) is 12.3 Å². The molecule has 1 aromatic carbocycles. The summed E-state index contributed by atoms with van der Waals surface area (Å²) in [5, 5.41) is 7.87. The van der Waals surface area contributed by atoms with Crippen LogP contribution in [0.5, 0.6) is 5.88 Å². The van der Waals surface area contributed by atoms with Crippen LogP contribution in [0.1, 0.15) is 82.1 Å². The fourth-order valence-corrected chi connectivity index (χ4v) is 6.56. The molecule has 2 aliphatic heterocycles. The smallest absolute Gasteiger partial charge is 0.429 e. The van der Waals surface area contributed by atoms with Crippen molar-refractivity contribution in [3.05, 3.63) is 52.8 Å². The number of nitrogen functional groups attached to an aromatic ring is 1. The summed E-state index contributed by atoms with van der Waals surface area (Å²) in [6.45, 7) is 6.23. The van der Waals surface area contributed by atoms with Crippen LogP contribution in [0.4, 0.5) is 24.9 Å². The second kappa shape index (κ2) is 15.1. The van der Waals surface area contributed by atoms with Gasteiger partial charge in [-0.15, -0.1) is 0 Å². The van der Waals surface area contributed by atoms with E-state index < -0.39 is 12.3 Å². The molecule has 2 aromatic heterocycles. The van der Waals surface area contributed by atoms with Crippen molar-refractivity contribution in [1.82, 2.24) is 25.1 Å². The van der Waals surface area contributed by atoms with Gasteiger partial charge in [0.1, 0.15) is 11.9 Å². The molecule has 47 heavy (non-hydrogen) atoms. The lowest BCUT2D eigenvalue weighted by atomic mass is 9.76. The van der Waals surface area contributed by atoms with E-state index in [1.165, 1.54) is 48.2 Å². The predicted octanol–water partition coefficient (Wildman–Crippen LogP) is 6.74. The van der Waals surface area contributed by atoms with E-state index in [1.807, 2.05) is 4.90 Å². The number of carbonyl (C=O) groups is 1. The number of carbonyl (C=O) groups excluding carboxylic acids is 1. The average Bonchev–Trinajstić information content (AvgIpc) is 3.65. The van der Waals surface area contributed by atoms with E-state index in [0.717, 1.165) is 32.1 Å². The van der Waals surface area contributed by atoms with E-state index in [4.69, 9.17) is 26.8 Å². The van der Waals surface area contributed by atoms with Gasteiger partial charge in [-0.05, 0) is 56.2 Å². The van der Waals surface area contributed by atoms with Gasteiger partial charge in [0, 0.05) is 42.5 Å². The van der Waals surface area contributed by atoms with E-state index in [1.54, 1.807) is 19.2 Å². The first-order chi connectivity index (χ1) is 22.5. The molecule has 256 valence electrons. The van der Waals surface area contributed by atoms with Gasteiger partial charge in [0.05, 0.1) is 18.0 Å². The van der Waals surface area contributed by atoms with Crippen LogP contribution in [0.15, 0.2) is 36.5 Å². The van der Waals surface area contributed by atoms with Gasteiger partial charge in [-0.2, -0.15) is 28.2 Å². The third-order valence-electron chi connectivity index (χ3n) is 9.02. The first kappa shape index (κ1) is 34.7. The molecular formula is C33H43ClF3N7O3. The number of alkyl halides is 3. The minimum atomic E-state index is -4.80. The van der Waals surface area contributed by atoms with Gasteiger partial charge in [0.25, 0.3) is 0 Å². The van der Waals surface area contributed by atoms with Gasteiger partial charge in [-0.25, -0.2) is 4.68 Å². The second-order valence-corrected chi connectivity index (χ2v) is 13.1. The average molecular weight is 678 g/mol. The lowest BCUT2D eigenvalue weighted by molar-refractivity contribution is -0.198.